The van der Waals surface area contributed by atoms with Gasteiger partial charge in [0.05, 0.1) is 0 Å². The second-order valence-electron chi connectivity index (χ2n) is 11.1. The Morgan fingerprint density at radius 3 is 0.697 bits per heavy atom. The van der Waals surface area contributed by atoms with Gasteiger partial charge in [-0.1, -0.05) is 187 Å². The van der Waals surface area contributed by atoms with Crippen molar-refractivity contribution in [2.75, 3.05) is 0 Å². The third kappa shape index (κ3) is 30.3. The maximum absolute atomic E-state index is 4.86. The maximum atomic E-state index is 4.86. The van der Waals surface area contributed by atoms with Crippen molar-refractivity contribution in [2.24, 2.45) is 0 Å². The highest BCUT2D eigenvalue weighted by atomic mass is 32.1. The molecule has 0 amide bonds. The van der Waals surface area contributed by atoms with Crippen molar-refractivity contribution in [3.8, 4) is 0 Å². The molecule has 0 aliphatic heterocycles. The molecule has 200 valence electrons. The van der Waals surface area contributed by atoms with Crippen LogP contribution in [0.2, 0.25) is 0 Å². The van der Waals surface area contributed by atoms with Crippen LogP contribution in [-0.4, -0.2) is 5.25 Å². The molecule has 0 rings (SSSR count). The number of rotatable bonds is 29. The summed E-state index contributed by atoms with van der Waals surface area (Å²) in [5.41, 5.74) is 0. The van der Waals surface area contributed by atoms with Gasteiger partial charge >= 0.3 is 0 Å². The third-order valence-electron chi connectivity index (χ3n) is 7.53. The topological polar surface area (TPSA) is 0 Å². The minimum Gasteiger partial charge on any atom is -0.176 e. The van der Waals surface area contributed by atoms with Gasteiger partial charge in [-0.25, -0.2) is 0 Å². The molecular formula is C32H66S. The van der Waals surface area contributed by atoms with Gasteiger partial charge in [-0.2, -0.15) is 12.6 Å². The van der Waals surface area contributed by atoms with E-state index in [9.17, 15) is 0 Å². The van der Waals surface area contributed by atoms with Crippen molar-refractivity contribution in [3.05, 3.63) is 0 Å². The van der Waals surface area contributed by atoms with Crippen LogP contribution < -0.4 is 0 Å². The lowest BCUT2D eigenvalue weighted by atomic mass is 10.0. The minimum atomic E-state index is 0.662. The van der Waals surface area contributed by atoms with Gasteiger partial charge < -0.3 is 0 Å². The molecule has 0 radical (unpaired) electrons. The van der Waals surface area contributed by atoms with Crippen LogP contribution in [0.1, 0.15) is 200 Å². The molecule has 0 saturated heterocycles. The second-order valence-corrected chi connectivity index (χ2v) is 11.8. The Morgan fingerprint density at radius 1 is 0.303 bits per heavy atom. The molecule has 0 aromatic rings. The van der Waals surface area contributed by atoms with E-state index in [-0.39, 0.29) is 0 Å². The fourth-order valence-corrected chi connectivity index (χ4v) is 5.48. The van der Waals surface area contributed by atoms with Gasteiger partial charge in [0, 0.05) is 5.25 Å². The van der Waals surface area contributed by atoms with Crippen LogP contribution in [-0.2, 0) is 0 Å². The monoisotopic (exact) mass is 482 g/mol. The van der Waals surface area contributed by atoms with E-state index in [4.69, 9.17) is 12.6 Å². The van der Waals surface area contributed by atoms with Crippen molar-refractivity contribution >= 4 is 12.6 Å². The van der Waals surface area contributed by atoms with Crippen LogP contribution in [0, 0.1) is 0 Å². The van der Waals surface area contributed by atoms with Crippen LogP contribution in [0.5, 0.6) is 0 Å². The van der Waals surface area contributed by atoms with Gasteiger partial charge in [0.15, 0.2) is 0 Å². The Kier molecular flexibility index (Phi) is 30.7. The number of hydrogen-bond acceptors (Lipinski definition) is 1. The summed E-state index contributed by atoms with van der Waals surface area (Å²) in [6, 6.07) is 0. The molecule has 1 atom stereocenters. The zero-order valence-corrected chi connectivity index (χ0v) is 24.4. The van der Waals surface area contributed by atoms with Crippen molar-refractivity contribution in [1.29, 1.82) is 0 Å². The minimum absolute atomic E-state index is 0.662. The Morgan fingerprint density at radius 2 is 0.485 bits per heavy atom. The predicted molar refractivity (Wildman–Crippen MR) is 158 cm³/mol. The van der Waals surface area contributed by atoms with Gasteiger partial charge in [0.25, 0.3) is 0 Å². The smallest absolute Gasteiger partial charge is 0.00168 e. The normalized spacial score (nSPS) is 12.5. The molecule has 1 unspecified atom stereocenters. The molecule has 0 aliphatic carbocycles. The molecule has 0 aliphatic rings. The van der Waals surface area contributed by atoms with Gasteiger partial charge in [0.2, 0.25) is 0 Å². The molecule has 0 fully saturated rings. The van der Waals surface area contributed by atoms with Gasteiger partial charge in [-0.05, 0) is 12.8 Å². The van der Waals surface area contributed by atoms with Crippen LogP contribution in [0.25, 0.3) is 0 Å². The molecule has 1 heteroatoms. The van der Waals surface area contributed by atoms with Crippen molar-refractivity contribution in [2.45, 2.75) is 205 Å². The van der Waals surface area contributed by atoms with E-state index in [2.05, 4.69) is 13.8 Å². The third-order valence-corrected chi connectivity index (χ3v) is 8.05. The zero-order valence-electron chi connectivity index (χ0n) is 23.5. The molecule has 0 saturated carbocycles. The molecule has 0 nitrogen and oxygen atoms in total. The Hall–Kier alpha value is 0.350. The second kappa shape index (κ2) is 30.4. The average molecular weight is 483 g/mol. The van der Waals surface area contributed by atoms with E-state index in [0.29, 0.717) is 5.25 Å². The quantitative estimate of drug-likeness (QED) is 0.0795. The van der Waals surface area contributed by atoms with E-state index in [1.807, 2.05) is 0 Å². The first-order valence-electron chi connectivity index (χ1n) is 16.0. The molecule has 0 heterocycles. The van der Waals surface area contributed by atoms with E-state index in [1.54, 1.807) is 0 Å². The lowest BCUT2D eigenvalue weighted by Gasteiger charge is -2.10. The standard InChI is InChI=1S/C32H66S/c1-3-5-7-9-11-13-15-17-19-21-23-25-27-29-31-32(33)30-28-26-24-22-20-18-16-14-12-10-8-6-4-2/h32-33H,3-31H2,1-2H3. The summed E-state index contributed by atoms with van der Waals surface area (Å²) >= 11 is 4.86. The largest absolute Gasteiger partial charge is 0.176 e. The molecule has 0 bridgehead atoms. The fraction of sp³-hybridized carbons (Fsp3) is 1.00. The summed E-state index contributed by atoms with van der Waals surface area (Å²) in [6.45, 7) is 4.61. The van der Waals surface area contributed by atoms with E-state index in [1.165, 1.54) is 186 Å². The Labute approximate surface area is 217 Å². The summed E-state index contributed by atoms with van der Waals surface area (Å²) in [6.07, 6.45) is 41.9. The van der Waals surface area contributed by atoms with E-state index in [0.717, 1.165) is 0 Å². The fourth-order valence-electron chi connectivity index (χ4n) is 5.12. The summed E-state index contributed by atoms with van der Waals surface area (Å²) < 4.78 is 0. The van der Waals surface area contributed by atoms with Crippen molar-refractivity contribution < 1.29 is 0 Å². The highest BCUT2D eigenvalue weighted by Gasteiger charge is 2.03. The Bertz CT molecular complexity index is 326. The average Bonchev–Trinajstić information content (AvgIpc) is 2.82. The summed E-state index contributed by atoms with van der Waals surface area (Å²) in [5, 5.41) is 0.662. The zero-order chi connectivity index (χ0) is 24.1. The van der Waals surface area contributed by atoms with Crippen LogP contribution in [0.15, 0.2) is 0 Å². The van der Waals surface area contributed by atoms with Crippen LogP contribution >= 0.6 is 12.6 Å². The molecule has 0 aromatic heterocycles. The first kappa shape index (κ1) is 33.4. The van der Waals surface area contributed by atoms with Crippen molar-refractivity contribution in [1.82, 2.24) is 0 Å². The summed E-state index contributed by atoms with van der Waals surface area (Å²) in [7, 11) is 0. The lowest BCUT2D eigenvalue weighted by Crippen LogP contribution is -1.98. The number of thiol groups is 1. The van der Waals surface area contributed by atoms with Gasteiger partial charge in [-0.3, -0.25) is 0 Å². The molecular weight excluding hydrogens is 416 g/mol. The molecule has 0 N–H and O–H groups in total. The summed E-state index contributed by atoms with van der Waals surface area (Å²) in [5.74, 6) is 0. The van der Waals surface area contributed by atoms with Crippen LogP contribution in [0.3, 0.4) is 0 Å². The predicted octanol–water partition coefficient (Wildman–Crippen LogP) is 12.6. The highest BCUT2D eigenvalue weighted by molar-refractivity contribution is 7.80. The highest BCUT2D eigenvalue weighted by Crippen LogP contribution is 2.19. The summed E-state index contributed by atoms with van der Waals surface area (Å²) in [4.78, 5) is 0. The first-order valence-corrected chi connectivity index (χ1v) is 16.5. The van der Waals surface area contributed by atoms with Crippen molar-refractivity contribution in [3.63, 3.8) is 0 Å². The molecule has 33 heavy (non-hydrogen) atoms. The first-order chi connectivity index (χ1) is 16.3. The lowest BCUT2D eigenvalue weighted by molar-refractivity contribution is 0.518. The molecule has 0 aromatic carbocycles. The van der Waals surface area contributed by atoms with Crippen LogP contribution in [0.4, 0.5) is 0 Å². The maximum Gasteiger partial charge on any atom is 0.00168 e. The SMILES string of the molecule is CCCCCCCCCCCCCCCCC(S)CCCCCCCCCCCCCCC. The van der Waals surface area contributed by atoms with E-state index >= 15 is 0 Å². The Balaban J connectivity index is 3.13. The van der Waals surface area contributed by atoms with E-state index < -0.39 is 0 Å². The molecule has 0 spiro atoms. The van der Waals surface area contributed by atoms with Gasteiger partial charge in [0.1, 0.15) is 0 Å². The number of unbranched alkanes of at least 4 members (excludes halogenated alkanes) is 25. The number of hydrogen-bond donors (Lipinski definition) is 1. The van der Waals surface area contributed by atoms with Gasteiger partial charge in [-0.15, -0.1) is 0 Å².